The third kappa shape index (κ3) is 3.00. The largest absolute Gasteiger partial charge is 0.422 e. The lowest BCUT2D eigenvalue weighted by Gasteiger charge is -2.07. The van der Waals surface area contributed by atoms with Crippen molar-refractivity contribution in [3.63, 3.8) is 0 Å². The predicted octanol–water partition coefficient (Wildman–Crippen LogP) is 4.30. The highest BCUT2D eigenvalue weighted by atomic mass is 127. The summed E-state index contributed by atoms with van der Waals surface area (Å²) < 4.78 is 6.10. The van der Waals surface area contributed by atoms with Crippen LogP contribution in [-0.4, -0.2) is 5.91 Å². The Balaban J connectivity index is 1.98. The Morgan fingerprint density at radius 3 is 2.68 bits per heavy atom. The molecule has 0 atom stereocenters. The Bertz CT molecular complexity index is 936. The number of fused-ring (bicyclic) bond motifs is 1. The monoisotopic (exact) mass is 425 g/mol. The summed E-state index contributed by atoms with van der Waals surface area (Å²) in [5.74, 6) is -0.553. The molecular weight excluding hydrogens is 417 g/mol. The SMILES string of the molecule is O=C(Nc1ccc(I)cc1Cl)c1cc2ccccc2oc1=O. The molecule has 1 aromatic heterocycles. The van der Waals surface area contributed by atoms with Gasteiger partial charge in [-0.3, -0.25) is 4.79 Å². The van der Waals surface area contributed by atoms with Crippen molar-refractivity contribution in [3.8, 4) is 0 Å². The average Bonchev–Trinajstić information content (AvgIpc) is 2.49. The molecule has 110 valence electrons. The molecule has 0 aliphatic heterocycles. The number of hydrogen-bond acceptors (Lipinski definition) is 3. The maximum absolute atomic E-state index is 12.3. The number of amides is 1. The van der Waals surface area contributed by atoms with Gasteiger partial charge in [0.25, 0.3) is 5.91 Å². The Morgan fingerprint density at radius 2 is 1.91 bits per heavy atom. The number of carbonyl (C=O) groups is 1. The summed E-state index contributed by atoms with van der Waals surface area (Å²) in [7, 11) is 0. The zero-order chi connectivity index (χ0) is 15.7. The molecular formula is C16H9ClINO3. The topological polar surface area (TPSA) is 59.3 Å². The van der Waals surface area contributed by atoms with Crippen LogP contribution in [0.25, 0.3) is 11.0 Å². The van der Waals surface area contributed by atoms with Crippen LogP contribution in [0.5, 0.6) is 0 Å². The van der Waals surface area contributed by atoms with Crippen LogP contribution in [0.2, 0.25) is 5.02 Å². The van der Waals surface area contributed by atoms with Gasteiger partial charge in [0.2, 0.25) is 0 Å². The second kappa shape index (κ2) is 6.10. The highest BCUT2D eigenvalue weighted by molar-refractivity contribution is 14.1. The lowest BCUT2D eigenvalue weighted by molar-refractivity contribution is 0.102. The summed E-state index contributed by atoms with van der Waals surface area (Å²) in [4.78, 5) is 24.2. The van der Waals surface area contributed by atoms with E-state index in [1.54, 1.807) is 36.4 Å². The van der Waals surface area contributed by atoms with Gasteiger partial charge in [0.1, 0.15) is 11.1 Å². The Labute approximate surface area is 144 Å². The fourth-order valence-electron chi connectivity index (χ4n) is 2.00. The molecule has 0 aliphatic rings. The predicted molar refractivity (Wildman–Crippen MR) is 94.6 cm³/mol. The summed E-state index contributed by atoms with van der Waals surface area (Å²) in [5, 5.41) is 3.71. The average molecular weight is 426 g/mol. The second-order valence-electron chi connectivity index (χ2n) is 4.56. The van der Waals surface area contributed by atoms with E-state index in [9.17, 15) is 9.59 Å². The number of hydrogen-bond donors (Lipinski definition) is 1. The lowest BCUT2D eigenvalue weighted by Crippen LogP contribution is -2.20. The highest BCUT2D eigenvalue weighted by Gasteiger charge is 2.15. The van der Waals surface area contributed by atoms with Gasteiger partial charge in [0.05, 0.1) is 10.7 Å². The molecule has 6 heteroatoms. The highest BCUT2D eigenvalue weighted by Crippen LogP contribution is 2.24. The van der Waals surface area contributed by atoms with E-state index >= 15 is 0 Å². The van der Waals surface area contributed by atoms with Crippen molar-refractivity contribution < 1.29 is 9.21 Å². The summed E-state index contributed by atoms with van der Waals surface area (Å²) >= 11 is 8.19. The molecule has 1 heterocycles. The third-order valence-corrected chi connectivity index (χ3v) is 4.05. The molecule has 0 saturated heterocycles. The molecule has 2 aromatic carbocycles. The molecule has 0 aliphatic carbocycles. The maximum atomic E-state index is 12.3. The minimum Gasteiger partial charge on any atom is -0.422 e. The van der Waals surface area contributed by atoms with Crippen LogP contribution in [0.1, 0.15) is 10.4 Å². The van der Waals surface area contributed by atoms with Gasteiger partial charge in [0.15, 0.2) is 0 Å². The smallest absolute Gasteiger partial charge is 0.349 e. The first-order valence-corrected chi connectivity index (χ1v) is 7.79. The fraction of sp³-hybridized carbons (Fsp3) is 0. The first kappa shape index (κ1) is 15.1. The molecule has 0 unspecified atom stereocenters. The molecule has 3 aromatic rings. The van der Waals surface area contributed by atoms with E-state index in [-0.39, 0.29) is 5.56 Å². The number of carbonyl (C=O) groups excluding carboxylic acids is 1. The van der Waals surface area contributed by atoms with E-state index < -0.39 is 11.5 Å². The molecule has 0 fully saturated rings. The van der Waals surface area contributed by atoms with Gasteiger partial charge in [-0.05, 0) is 52.9 Å². The van der Waals surface area contributed by atoms with Gasteiger partial charge in [-0.2, -0.15) is 0 Å². The van der Waals surface area contributed by atoms with E-state index in [1.807, 2.05) is 6.07 Å². The van der Waals surface area contributed by atoms with Crippen LogP contribution >= 0.6 is 34.2 Å². The third-order valence-electron chi connectivity index (χ3n) is 3.07. The van der Waals surface area contributed by atoms with E-state index in [1.165, 1.54) is 6.07 Å². The van der Waals surface area contributed by atoms with Crippen molar-refractivity contribution in [3.05, 3.63) is 73.1 Å². The minimum atomic E-state index is -0.683. The molecule has 1 N–H and O–H groups in total. The van der Waals surface area contributed by atoms with Crippen LogP contribution in [-0.2, 0) is 0 Å². The molecule has 3 rings (SSSR count). The molecule has 4 nitrogen and oxygen atoms in total. The van der Waals surface area contributed by atoms with Gasteiger partial charge >= 0.3 is 5.63 Å². The number of anilines is 1. The summed E-state index contributed by atoms with van der Waals surface area (Å²) in [6.07, 6.45) is 0. The zero-order valence-corrected chi connectivity index (χ0v) is 14.0. The second-order valence-corrected chi connectivity index (χ2v) is 6.22. The van der Waals surface area contributed by atoms with Crippen LogP contribution < -0.4 is 10.9 Å². The Kier molecular flexibility index (Phi) is 4.17. The van der Waals surface area contributed by atoms with E-state index in [0.29, 0.717) is 21.7 Å². The van der Waals surface area contributed by atoms with Crippen LogP contribution in [0, 0.1) is 3.57 Å². The molecule has 1 amide bonds. The summed E-state index contributed by atoms with van der Waals surface area (Å²) in [5.41, 5.74) is 0.141. The fourth-order valence-corrected chi connectivity index (χ4v) is 2.90. The standard InChI is InChI=1S/C16H9ClINO3/c17-12-8-10(18)5-6-13(12)19-15(20)11-7-9-3-1-2-4-14(9)22-16(11)21/h1-8H,(H,19,20). The number of halogens is 2. The molecule has 0 saturated carbocycles. The number of benzene rings is 2. The van der Waals surface area contributed by atoms with E-state index in [0.717, 1.165) is 3.57 Å². The molecule has 0 bridgehead atoms. The minimum absolute atomic E-state index is 0.0617. The maximum Gasteiger partial charge on any atom is 0.349 e. The van der Waals surface area contributed by atoms with E-state index in [2.05, 4.69) is 27.9 Å². The van der Waals surface area contributed by atoms with Gasteiger partial charge in [-0.25, -0.2) is 4.79 Å². The van der Waals surface area contributed by atoms with Crippen molar-refractivity contribution in [1.82, 2.24) is 0 Å². The van der Waals surface area contributed by atoms with Crippen molar-refractivity contribution >= 4 is 56.8 Å². The van der Waals surface area contributed by atoms with Crippen LogP contribution in [0.4, 0.5) is 5.69 Å². The summed E-state index contributed by atoms with van der Waals surface area (Å²) in [6.45, 7) is 0. The zero-order valence-electron chi connectivity index (χ0n) is 11.1. The molecule has 0 radical (unpaired) electrons. The van der Waals surface area contributed by atoms with Crippen molar-refractivity contribution in [2.45, 2.75) is 0 Å². The Morgan fingerprint density at radius 1 is 1.14 bits per heavy atom. The van der Waals surface area contributed by atoms with Crippen LogP contribution in [0.15, 0.2) is 57.7 Å². The van der Waals surface area contributed by atoms with Crippen LogP contribution in [0.3, 0.4) is 0 Å². The first-order chi connectivity index (χ1) is 10.5. The van der Waals surface area contributed by atoms with Gasteiger partial charge < -0.3 is 9.73 Å². The van der Waals surface area contributed by atoms with Crippen molar-refractivity contribution in [2.24, 2.45) is 0 Å². The molecule has 0 spiro atoms. The van der Waals surface area contributed by atoms with Crippen molar-refractivity contribution in [1.29, 1.82) is 0 Å². The first-order valence-electron chi connectivity index (χ1n) is 6.34. The molecule has 22 heavy (non-hydrogen) atoms. The number of rotatable bonds is 2. The van der Waals surface area contributed by atoms with E-state index in [4.69, 9.17) is 16.0 Å². The van der Waals surface area contributed by atoms with Gasteiger partial charge in [-0.1, -0.05) is 29.8 Å². The number of para-hydroxylation sites is 1. The summed E-state index contributed by atoms with van der Waals surface area (Å²) in [6, 6.07) is 13.7. The number of nitrogens with one attached hydrogen (secondary N) is 1. The normalized spacial score (nSPS) is 10.6. The van der Waals surface area contributed by atoms with Crippen molar-refractivity contribution in [2.75, 3.05) is 5.32 Å². The van der Waals surface area contributed by atoms with Gasteiger partial charge in [-0.15, -0.1) is 0 Å². The van der Waals surface area contributed by atoms with Gasteiger partial charge in [0, 0.05) is 8.96 Å². The Hall–Kier alpha value is -1.86. The quantitative estimate of drug-likeness (QED) is 0.492. The lowest BCUT2D eigenvalue weighted by atomic mass is 10.1.